The predicted molar refractivity (Wildman–Crippen MR) is 68.7 cm³/mol. The van der Waals surface area contributed by atoms with Crippen molar-refractivity contribution < 1.29 is 14.3 Å². The maximum Gasteiger partial charge on any atom is 0.337 e. The molecule has 1 saturated heterocycles. The van der Waals surface area contributed by atoms with Crippen LogP contribution in [0.5, 0.6) is 0 Å². The van der Waals surface area contributed by atoms with Crippen molar-refractivity contribution in [3.8, 4) is 0 Å². The lowest BCUT2D eigenvalue weighted by Crippen LogP contribution is -2.24. The van der Waals surface area contributed by atoms with E-state index in [1.165, 1.54) is 7.11 Å². The first kappa shape index (κ1) is 13.1. The van der Waals surface area contributed by atoms with Crippen LogP contribution in [-0.2, 0) is 9.47 Å². The van der Waals surface area contributed by atoms with Crippen molar-refractivity contribution >= 4 is 5.97 Å². The lowest BCUT2D eigenvalue weighted by atomic mass is 9.99. The van der Waals surface area contributed by atoms with Gasteiger partial charge in [-0.25, -0.2) is 4.79 Å². The summed E-state index contributed by atoms with van der Waals surface area (Å²) in [6, 6.07) is 5.79. The van der Waals surface area contributed by atoms with Crippen LogP contribution in [-0.4, -0.2) is 32.8 Å². The minimum atomic E-state index is -0.300. The molecule has 0 amide bonds. The van der Waals surface area contributed by atoms with E-state index in [4.69, 9.17) is 9.47 Å². The number of carbonyl (C=O) groups excluding carboxylic acids is 1. The van der Waals surface area contributed by atoms with Crippen molar-refractivity contribution in [1.82, 2.24) is 5.32 Å². The molecule has 1 aliphatic rings. The van der Waals surface area contributed by atoms with Gasteiger partial charge < -0.3 is 14.8 Å². The zero-order chi connectivity index (χ0) is 13.0. The molecule has 0 spiro atoms. The van der Waals surface area contributed by atoms with Gasteiger partial charge in [-0.05, 0) is 43.1 Å². The van der Waals surface area contributed by atoms with E-state index in [-0.39, 0.29) is 12.0 Å². The molecule has 0 aliphatic carbocycles. The minimum absolute atomic E-state index is 0.150. The average molecular weight is 249 g/mol. The highest BCUT2D eigenvalue weighted by atomic mass is 16.5. The van der Waals surface area contributed by atoms with Gasteiger partial charge in [0.1, 0.15) is 0 Å². The number of aryl methyl sites for hydroxylation is 1. The van der Waals surface area contributed by atoms with E-state index in [1.807, 2.05) is 19.1 Å². The standard InChI is InChI=1S/C14H19NO3/c1-10-4-5-11(14(16)17-2)8-12(10)13-9-18-7-3-6-15-13/h4-5,8,13,15H,3,6-7,9H2,1-2H3. The molecule has 0 bridgehead atoms. The van der Waals surface area contributed by atoms with Crippen LogP contribution < -0.4 is 5.32 Å². The Hall–Kier alpha value is -1.39. The van der Waals surface area contributed by atoms with Crippen LogP contribution in [0, 0.1) is 6.92 Å². The van der Waals surface area contributed by atoms with Crippen molar-refractivity contribution in [2.45, 2.75) is 19.4 Å². The van der Waals surface area contributed by atoms with E-state index in [9.17, 15) is 4.79 Å². The van der Waals surface area contributed by atoms with Gasteiger partial charge in [0.2, 0.25) is 0 Å². The molecule has 1 aliphatic heterocycles. The van der Waals surface area contributed by atoms with Gasteiger partial charge in [0.05, 0.1) is 25.3 Å². The Morgan fingerprint density at radius 2 is 2.33 bits per heavy atom. The van der Waals surface area contributed by atoms with Crippen molar-refractivity contribution in [2.24, 2.45) is 0 Å². The molecule has 1 unspecified atom stereocenters. The van der Waals surface area contributed by atoms with Gasteiger partial charge >= 0.3 is 5.97 Å². The minimum Gasteiger partial charge on any atom is -0.465 e. The smallest absolute Gasteiger partial charge is 0.337 e. The zero-order valence-electron chi connectivity index (χ0n) is 10.9. The number of rotatable bonds is 2. The van der Waals surface area contributed by atoms with E-state index < -0.39 is 0 Å². The number of hydrogen-bond acceptors (Lipinski definition) is 4. The molecule has 0 aromatic heterocycles. The van der Waals surface area contributed by atoms with Crippen LogP contribution in [0.3, 0.4) is 0 Å². The Morgan fingerprint density at radius 1 is 1.50 bits per heavy atom. The molecule has 1 aromatic carbocycles. The third-order valence-electron chi connectivity index (χ3n) is 3.22. The number of benzene rings is 1. The predicted octanol–water partition coefficient (Wildman–Crippen LogP) is 1.83. The van der Waals surface area contributed by atoms with Crippen LogP contribution in [0.1, 0.15) is 33.9 Å². The molecule has 18 heavy (non-hydrogen) atoms. The molecular formula is C14H19NO3. The maximum atomic E-state index is 11.6. The van der Waals surface area contributed by atoms with E-state index in [0.717, 1.165) is 30.7 Å². The van der Waals surface area contributed by atoms with Crippen LogP contribution in [0.15, 0.2) is 18.2 Å². The van der Waals surface area contributed by atoms with Crippen molar-refractivity contribution in [2.75, 3.05) is 26.9 Å². The van der Waals surface area contributed by atoms with E-state index >= 15 is 0 Å². The molecule has 1 heterocycles. The Bertz CT molecular complexity index is 423. The largest absolute Gasteiger partial charge is 0.465 e. The lowest BCUT2D eigenvalue weighted by Gasteiger charge is -2.18. The number of nitrogens with one attached hydrogen (secondary N) is 1. The number of hydrogen-bond donors (Lipinski definition) is 1. The lowest BCUT2D eigenvalue weighted by molar-refractivity contribution is 0.0600. The summed E-state index contributed by atoms with van der Waals surface area (Å²) in [6.07, 6.45) is 1.02. The van der Waals surface area contributed by atoms with Crippen molar-refractivity contribution in [3.05, 3.63) is 34.9 Å². The SMILES string of the molecule is COC(=O)c1ccc(C)c(C2COCCCN2)c1. The second kappa shape index (κ2) is 5.98. The highest BCUT2D eigenvalue weighted by Gasteiger charge is 2.18. The number of ether oxygens (including phenoxy) is 2. The van der Waals surface area contributed by atoms with Crippen LogP contribution in [0.25, 0.3) is 0 Å². The van der Waals surface area contributed by atoms with Gasteiger partial charge in [-0.2, -0.15) is 0 Å². The van der Waals surface area contributed by atoms with E-state index in [1.54, 1.807) is 6.07 Å². The van der Waals surface area contributed by atoms with Crippen LogP contribution in [0.4, 0.5) is 0 Å². The van der Waals surface area contributed by atoms with E-state index in [0.29, 0.717) is 12.2 Å². The average Bonchev–Trinajstić information content (AvgIpc) is 2.67. The Morgan fingerprint density at radius 3 is 3.11 bits per heavy atom. The number of esters is 1. The molecule has 1 fully saturated rings. The topological polar surface area (TPSA) is 47.6 Å². The quantitative estimate of drug-likeness (QED) is 0.812. The van der Waals surface area contributed by atoms with Gasteiger partial charge in [0.25, 0.3) is 0 Å². The second-order valence-corrected chi connectivity index (χ2v) is 4.50. The highest BCUT2D eigenvalue weighted by molar-refractivity contribution is 5.89. The van der Waals surface area contributed by atoms with Gasteiger partial charge in [-0.15, -0.1) is 0 Å². The van der Waals surface area contributed by atoms with Crippen LogP contribution in [0.2, 0.25) is 0 Å². The summed E-state index contributed by atoms with van der Waals surface area (Å²) in [5, 5.41) is 3.45. The molecule has 0 saturated carbocycles. The summed E-state index contributed by atoms with van der Waals surface area (Å²) in [4.78, 5) is 11.6. The molecular weight excluding hydrogens is 230 g/mol. The third kappa shape index (κ3) is 2.89. The van der Waals surface area contributed by atoms with Gasteiger partial charge in [0, 0.05) is 6.61 Å². The fourth-order valence-corrected chi connectivity index (χ4v) is 2.17. The molecule has 2 rings (SSSR count). The van der Waals surface area contributed by atoms with Crippen molar-refractivity contribution in [1.29, 1.82) is 0 Å². The molecule has 1 aromatic rings. The van der Waals surface area contributed by atoms with Gasteiger partial charge in [-0.1, -0.05) is 6.07 Å². The summed E-state index contributed by atoms with van der Waals surface area (Å²) < 4.78 is 10.3. The first-order chi connectivity index (χ1) is 8.72. The molecule has 1 N–H and O–H groups in total. The summed E-state index contributed by atoms with van der Waals surface area (Å²) in [6.45, 7) is 4.42. The summed E-state index contributed by atoms with van der Waals surface area (Å²) >= 11 is 0. The monoisotopic (exact) mass is 249 g/mol. The molecule has 4 heteroatoms. The first-order valence-electron chi connectivity index (χ1n) is 6.22. The summed E-state index contributed by atoms with van der Waals surface area (Å²) in [5.74, 6) is -0.300. The maximum absolute atomic E-state index is 11.6. The molecule has 0 radical (unpaired) electrons. The van der Waals surface area contributed by atoms with Gasteiger partial charge in [-0.3, -0.25) is 0 Å². The normalized spacial score (nSPS) is 20.2. The third-order valence-corrected chi connectivity index (χ3v) is 3.22. The number of methoxy groups -OCH3 is 1. The number of carbonyl (C=O) groups is 1. The Labute approximate surface area is 107 Å². The molecule has 1 atom stereocenters. The van der Waals surface area contributed by atoms with Crippen molar-refractivity contribution in [3.63, 3.8) is 0 Å². The molecule has 4 nitrogen and oxygen atoms in total. The van der Waals surface area contributed by atoms with E-state index in [2.05, 4.69) is 5.32 Å². The molecule has 98 valence electrons. The zero-order valence-corrected chi connectivity index (χ0v) is 10.9. The van der Waals surface area contributed by atoms with Crippen LogP contribution >= 0.6 is 0 Å². The Kier molecular flexibility index (Phi) is 4.33. The summed E-state index contributed by atoms with van der Waals surface area (Å²) in [5.41, 5.74) is 2.86. The highest BCUT2D eigenvalue weighted by Crippen LogP contribution is 2.21. The summed E-state index contributed by atoms with van der Waals surface area (Å²) in [7, 11) is 1.40. The van der Waals surface area contributed by atoms with Gasteiger partial charge in [0.15, 0.2) is 0 Å². The Balaban J connectivity index is 2.27. The fourth-order valence-electron chi connectivity index (χ4n) is 2.17. The fraction of sp³-hybridized carbons (Fsp3) is 0.500. The second-order valence-electron chi connectivity index (χ2n) is 4.50. The first-order valence-corrected chi connectivity index (χ1v) is 6.22.